The number of nitro groups is 1. The van der Waals surface area contributed by atoms with Gasteiger partial charge in [0.15, 0.2) is 6.61 Å². The minimum Gasteiger partial charge on any atom is -0.495 e. The van der Waals surface area contributed by atoms with Crippen LogP contribution in [0, 0.1) is 10.1 Å². The fourth-order valence-corrected chi connectivity index (χ4v) is 3.00. The molecular formula is C23H19ClN4O6. The number of carbonyl (C=O) groups excluding carboxylic acids is 2. The summed E-state index contributed by atoms with van der Waals surface area (Å²) in [5, 5.41) is 17.8. The van der Waals surface area contributed by atoms with E-state index in [0.717, 1.165) is 6.07 Å². The van der Waals surface area contributed by atoms with Gasteiger partial charge >= 0.3 is 0 Å². The fraction of sp³-hybridized carbons (Fsp3) is 0.0870. The third-order valence-corrected chi connectivity index (χ3v) is 4.64. The van der Waals surface area contributed by atoms with Gasteiger partial charge in [-0.2, -0.15) is 5.10 Å². The summed E-state index contributed by atoms with van der Waals surface area (Å²) in [6.07, 6.45) is 1.29. The molecule has 0 radical (unpaired) electrons. The second-order valence-electron chi connectivity index (χ2n) is 6.73. The predicted octanol–water partition coefficient (Wildman–Crippen LogP) is 4.04. The number of hydrazone groups is 1. The highest BCUT2D eigenvalue weighted by molar-refractivity contribution is 6.30. The Hall–Kier alpha value is -4.44. The molecule has 0 aliphatic heterocycles. The second-order valence-corrected chi connectivity index (χ2v) is 7.16. The summed E-state index contributed by atoms with van der Waals surface area (Å²) in [5.74, 6) is -0.246. The van der Waals surface area contributed by atoms with Crippen LogP contribution in [0.1, 0.15) is 15.9 Å². The van der Waals surface area contributed by atoms with Gasteiger partial charge in [-0.1, -0.05) is 29.8 Å². The molecule has 0 unspecified atom stereocenters. The third-order valence-electron chi connectivity index (χ3n) is 4.40. The molecule has 0 aromatic heterocycles. The van der Waals surface area contributed by atoms with Crippen LogP contribution in [-0.2, 0) is 4.79 Å². The first kappa shape index (κ1) is 24.2. The van der Waals surface area contributed by atoms with E-state index < -0.39 is 16.7 Å². The average Bonchev–Trinajstić information content (AvgIpc) is 2.83. The fourth-order valence-electron chi connectivity index (χ4n) is 2.81. The number of ether oxygens (including phenoxy) is 2. The van der Waals surface area contributed by atoms with Crippen molar-refractivity contribution in [3.05, 3.63) is 93.0 Å². The van der Waals surface area contributed by atoms with Crippen LogP contribution in [0.3, 0.4) is 0 Å². The summed E-state index contributed by atoms with van der Waals surface area (Å²) in [6, 6.07) is 16.9. The van der Waals surface area contributed by atoms with E-state index in [-0.39, 0.29) is 17.9 Å². The Morgan fingerprint density at radius 2 is 1.88 bits per heavy atom. The van der Waals surface area contributed by atoms with Crippen LogP contribution in [0.2, 0.25) is 5.02 Å². The van der Waals surface area contributed by atoms with Crippen molar-refractivity contribution < 1.29 is 24.0 Å². The van der Waals surface area contributed by atoms with Crippen molar-refractivity contribution in [2.75, 3.05) is 19.0 Å². The average molecular weight is 483 g/mol. The maximum Gasteiger partial charge on any atom is 0.271 e. The zero-order chi connectivity index (χ0) is 24.5. The molecule has 0 bridgehead atoms. The Morgan fingerprint density at radius 1 is 1.09 bits per heavy atom. The smallest absolute Gasteiger partial charge is 0.271 e. The van der Waals surface area contributed by atoms with Gasteiger partial charge in [0, 0.05) is 28.3 Å². The molecule has 2 N–H and O–H groups in total. The molecule has 3 rings (SSSR count). The van der Waals surface area contributed by atoms with Gasteiger partial charge in [0.1, 0.15) is 11.5 Å². The molecular weight excluding hydrogens is 464 g/mol. The number of para-hydroxylation sites is 2. The number of hydrogen-bond acceptors (Lipinski definition) is 7. The van der Waals surface area contributed by atoms with Gasteiger partial charge in [0.2, 0.25) is 0 Å². The monoisotopic (exact) mass is 482 g/mol. The first-order valence-electron chi connectivity index (χ1n) is 9.80. The lowest BCUT2D eigenvalue weighted by molar-refractivity contribution is -0.384. The lowest BCUT2D eigenvalue weighted by atomic mass is 10.2. The Bertz CT molecular complexity index is 1250. The molecule has 0 saturated carbocycles. The molecule has 174 valence electrons. The Morgan fingerprint density at radius 3 is 2.65 bits per heavy atom. The largest absolute Gasteiger partial charge is 0.495 e. The summed E-state index contributed by atoms with van der Waals surface area (Å²) in [6.45, 7) is -0.305. The SMILES string of the molecule is COc1ccccc1NC(=O)COc1ccc(Cl)cc1C=NNC(=O)c1cccc([N+](=O)[O-])c1. The number of rotatable bonds is 9. The van der Waals surface area contributed by atoms with E-state index in [1.54, 1.807) is 36.4 Å². The van der Waals surface area contributed by atoms with Gasteiger partial charge in [-0.3, -0.25) is 19.7 Å². The summed E-state index contributed by atoms with van der Waals surface area (Å²) >= 11 is 6.04. The summed E-state index contributed by atoms with van der Waals surface area (Å²) in [4.78, 5) is 34.8. The number of non-ortho nitro benzene ring substituents is 1. The highest BCUT2D eigenvalue weighted by atomic mass is 35.5. The van der Waals surface area contributed by atoms with E-state index in [4.69, 9.17) is 21.1 Å². The van der Waals surface area contributed by atoms with Gasteiger partial charge in [-0.15, -0.1) is 0 Å². The normalized spacial score (nSPS) is 10.5. The number of anilines is 1. The zero-order valence-electron chi connectivity index (χ0n) is 17.9. The van der Waals surface area contributed by atoms with Gasteiger partial charge in [0.05, 0.1) is 23.9 Å². The zero-order valence-corrected chi connectivity index (χ0v) is 18.6. The van der Waals surface area contributed by atoms with Crippen molar-refractivity contribution in [3.8, 4) is 11.5 Å². The molecule has 10 nitrogen and oxygen atoms in total. The molecule has 3 aromatic carbocycles. The lowest BCUT2D eigenvalue weighted by Gasteiger charge is -2.12. The molecule has 0 heterocycles. The van der Waals surface area contributed by atoms with Crippen molar-refractivity contribution in [3.63, 3.8) is 0 Å². The van der Waals surface area contributed by atoms with E-state index in [1.165, 1.54) is 37.6 Å². The minimum absolute atomic E-state index is 0.0712. The first-order valence-corrected chi connectivity index (χ1v) is 10.2. The van der Waals surface area contributed by atoms with Crippen molar-refractivity contribution in [2.24, 2.45) is 5.10 Å². The Labute approximate surface area is 199 Å². The number of amides is 2. The molecule has 34 heavy (non-hydrogen) atoms. The Balaban J connectivity index is 1.64. The quantitative estimate of drug-likeness (QED) is 0.269. The van der Waals surface area contributed by atoms with Crippen LogP contribution < -0.4 is 20.2 Å². The van der Waals surface area contributed by atoms with Crippen molar-refractivity contribution in [2.45, 2.75) is 0 Å². The molecule has 0 aliphatic rings. The number of nitrogens with zero attached hydrogens (tertiary/aromatic N) is 2. The van der Waals surface area contributed by atoms with E-state index in [2.05, 4.69) is 15.8 Å². The first-order chi connectivity index (χ1) is 16.4. The molecule has 0 fully saturated rings. The van der Waals surface area contributed by atoms with Gasteiger partial charge in [-0.05, 0) is 36.4 Å². The second kappa shape index (κ2) is 11.4. The maximum atomic E-state index is 12.3. The maximum absolute atomic E-state index is 12.3. The molecule has 0 atom stereocenters. The molecule has 11 heteroatoms. The van der Waals surface area contributed by atoms with Gasteiger partial charge in [-0.25, -0.2) is 5.43 Å². The molecule has 0 spiro atoms. The number of nitrogens with one attached hydrogen (secondary N) is 2. The number of carbonyl (C=O) groups is 2. The van der Waals surface area contributed by atoms with E-state index in [1.807, 2.05) is 0 Å². The van der Waals surface area contributed by atoms with Gasteiger partial charge < -0.3 is 14.8 Å². The number of benzene rings is 3. The van der Waals surface area contributed by atoms with Crippen LogP contribution in [0.4, 0.5) is 11.4 Å². The number of halogens is 1. The molecule has 2 amide bonds. The van der Waals surface area contributed by atoms with E-state index >= 15 is 0 Å². The van der Waals surface area contributed by atoms with Crippen LogP contribution in [-0.4, -0.2) is 36.7 Å². The van der Waals surface area contributed by atoms with Crippen LogP contribution in [0.15, 0.2) is 71.8 Å². The number of hydrogen-bond donors (Lipinski definition) is 2. The minimum atomic E-state index is -0.638. The Kier molecular flexibility index (Phi) is 8.14. The van der Waals surface area contributed by atoms with Crippen LogP contribution in [0.5, 0.6) is 11.5 Å². The highest BCUT2D eigenvalue weighted by Crippen LogP contribution is 2.24. The van der Waals surface area contributed by atoms with Crippen molar-refractivity contribution >= 4 is 41.0 Å². The van der Waals surface area contributed by atoms with Gasteiger partial charge in [0.25, 0.3) is 17.5 Å². The standard InChI is InChI=1S/C23H19ClN4O6/c1-33-21-8-3-2-7-19(21)26-22(29)14-34-20-10-9-17(24)11-16(20)13-25-27-23(30)15-5-4-6-18(12-15)28(31)32/h2-13H,14H2,1H3,(H,26,29)(H,27,30). The molecule has 3 aromatic rings. The van der Waals surface area contributed by atoms with Crippen LogP contribution in [0.25, 0.3) is 0 Å². The van der Waals surface area contributed by atoms with Crippen LogP contribution >= 0.6 is 11.6 Å². The number of methoxy groups -OCH3 is 1. The molecule has 0 saturated heterocycles. The third kappa shape index (κ3) is 6.53. The topological polar surface area (TPSA) is 132 Å². The number of nitro benzene ring substituents is 1. The van der Waals surface area contributed by atoms with Crippen molar-refractivity contribution in [1.29, 1.82) is 0 Å². The highest BCUT2D eigenvalue weighted by Gasteiger charge is 2.12. The molecule has 0 aliphatic carbocycles. The van der Waals surface area contributed by atoms with E-state index in [0.29, 0.717) is 27.8 Å². The van der Waals surface area contributed by atoms with E-state index in [9.17, 15) is 19.7 Å². The van der Waals surface area contributed by atoms with Crippen molar-refractivity contribution in [1.82, 2.24) is 5.43 Å². The summed E-state index contributed by atoms with van der Waals surface area (Å²) in [5.41, 5.74) is 3.04. The summed E-state index contributed by atoms with van der Waals surface area (Å²) in [7, 11) is 1.50. The summed E-state index contributed by atoms with van der Waals surface area (Å²) < 4.78 is 10.8. The predicted molar refractivity (Wildman–Crippen MR) is 127 cm³/mol. The lowest BCUT2D eigenvalue weighted by Crippen LogP contribution is -2.21.